The van der Waals surface area contributed by atoms with Gasteiger partial charge in [0.1, 0.15) is 5.75 Å². The lowest BCUT2D eigenvalue weighted by Gasteiger charge is -2.19. The molecule has 7 nitrogen and oxygen atoms in total. The monoisotopic (exact) mass is 471 g/mol. The molecule has 1 amide bonds. The number of rotatable bonds is 7. The minimum atomic E-state index is -3.35. The molecule has 4 aromatic rings. The largest absolute Gasteiger partial charge is 0.476 e. The summed E-state index contributed by atoms with van der Waals surface area (Å²) in [5, 5.41) is 2.74. The summed E-state index contributed by atoms with van der Waals surface area (Å²) in [6, 6.07) is 13.4. The van der Waals surface area contributed by atoms with E-state index < -0.39 is 27.0 Å². The highest BCUT2D eigenvalue weighted by molar-refractivity contribution is 7.92. The van der Waals surface area contributed by atoms with Crippen molar-refractivity contribution in [3.8, 4) is 5.75 Å². The number of sulfone groups is 1. The first kappa shape index (κ1) is 20.7. The summed E-state index contributed by atoms with van der Waals surface area (Å²) in [7, 11) is -3.35. The van der Waals surface area contributed by atoms with Crippen molar-refractivity contribution in [2.75, 3.05) is 5.32 Å². The fourth-order valence-electron chi connectivity index (χ4n) is 3.40. The Morgan fingerprint density at radius 3 is 2.66 bits per heavy atom. The van der Waals surface area contributed by atoms with Gasteiger partial charge in [-0.1, -0.05) is 23.5 Å². The average molecular weight is 472 g/mol. The highest BCUT2D eigenvalue weighted by atomic mass is 32.2. The molecular formula is C22H18FN3O4S2. The topological polar surface area (TPSA) is 101 Å². The van der Waals surface area contributed by atoms with Gasteiger partial charge in [0.2, 0.25) is 6.10 Å². The first-order valence-corrected chi connectivity index (χ1v) is 12.3. The molecule has 2 N–H and O–H groups in total. The number of fused-ring (bicyclic) bond motifs is 1. The Kier molecular flexibility index (Phi) is 5.18. The first-order valence-electron chi connectivity index (χ1n) is 9.90. The number of carbonyl (C=O) groups is 1. The molecule has 32 heavy (non-hydrogen) atoms. The summed E-state index contributed by atoms with van der Waals surface area (Å²) in [5.41, 5.74) is 1.38. The zero-order chi connectivity index (χ0) is 22.3. The van der Waals surface area contributed by atoms with E-state index in [1.807, 2.05) is 12.1 Å². The third-order valence-corrected chi connectivity index (χ3v) is 8.18. The summed E-state index contributed by atoms with van der Waals surface area (Å²) in [6.07, 6.45) is 3.06. The van der Waals surface area contributed by atoms with E-state index >= 15 is 0 Å². The number of H-pyrrole nitrogens is 1. The quantitative estimate of drug-likeness (QED) is 0.415. The van der Waals surface area contributed by atoms with E-state index in [0.29, 0.717) is 35.5 Å². The number of halogens is 1. The van der Waals surface area contributed by atoms with Gasteiger partial charge in [0.05, 0.1) is 16.3 Å². The van der Waals surface area contributed by atoms with E-state index in [4.69, 9.17) is 4.74 Å². The Morgan fingerprint density at radius 1 is 1.19 bits per heavy atom. The smallest absolute Gasteiger partial charge is 0.271 e. The maximum absolute atomic E-state index is 13.3. The molecule has 0 saturated heterocycles. The zero-order valence-electron chi connectivity index (χ0n) is 16.6. The van der Waals surface area contributed by atoms with Crippen LogP contribution in [0.3, 0.4) is 0 Å². The molecule has 0 radical (unpaired) electrons. The van der Waals surface area contributed by atoms with Gasteiger partial charge in [0, 0.05) is 22.7 Å². The van der Waals surface area contributed by atoms with Gasteiger partial charge in [0.15, 0.2) is 20.1 Å². The van der Waals surface area contributed by atoms with Gasteiger partial charge in [-0.3, -0.25) is 10.1 Å². The number of anilines is 1. The van der Waals surface area contributed by atoms with E-state index in [9.17, 15) is 17.6 Å². The molecule has 1 saturated carbocycles. The number of hydrogen-bond acceptors (Lipinski definition) is 6. The number of benzene rings is 2. The van der Waals surface area contributed by atoms with Crippen LogP contribution in [0.2, 0.25) is 0 Å². The summed E-state index contributed by atoms with van der Waals surface area (Å²) >= 11 is 0.705. The Bertz CT molecular complexity index is 1390. The summed E-state index contributed by atoms with van der Waals surface area (Å²) in [5.74, 6) is -0.0939. The fraction of sp³-hybridized carbons (Fsp3) is 0.182. The molecule has 2 aromatic carbocycles. The molecule has 2 aromatic heterocycles. The second-order valence-electron chi connectivity index (χ2n) is 7.50. The number of carbonyl (C=O) groups excluding carboxylic acids is 1. The summed E-state index contributed by atoms with van der Waals surface area (Å²) < 4.78 is 44.3. The number of thiazole rings is 1. The van der Waals surface area contributed by atoms with E-state index in [2.05, 4.69) is 15.3 Å². The van der Waals surface area contributed by atoms with Crippen LogP contribution in [-0.4, -0.2) is 29.5 Å². The van der Waals surface area contributed by atoms with Crippen molar-refractivity contribution in [1.29, 1.82) is 0 Å². The van der Waals surface area contributed by atoms with Crippen LogP contribution >= 0.6 is 11.3 Å². The van der Waals surface area contributed by atoms with Crippen LogP contribution in [0.15, 0.2) is 65.8 Å². The fourth-order valence-corrected chi connectivity index (χ4v) is 5.60. The second kappa shape index (κ2) is 8.03. The van der Waals surface area contributed by atoms with Crippen molar-refractivity contribution in [2.24, 2.45) is 0 Å². The number of aromatic nitrogens is 2. The molecule has 5 rings (SSSR count). The second-order valence-corrected chi connectivity index (χ2v) is 10.7. The molecule has 1 aliphatic rings. The lowest BCUT2D eigenvalue weighted by molar-refractivity contribution is -0.123. The SMILES string of the molecule is O=C(Nc1ncc(F)s1)C(Oc1ccc2[nH]ccc2c1)c1ccc(S(=O)(=O)C2CC2)cc1. The van der Waals surface area contributed by atoms with Crippen LogP contribution in [0, 0.1) is 5.13 Å². The molecule has 2 heterocycles. The minimum absolute atomic E-state index is 0.107. The molecule has 1 unspecified atom stereocenters. The normalized spacial score (nSPS) is 14.9. The maximum Gasteiger partial charge on any atom is 0.271 e. The molecule has 1 atom stereocenters. The van der Waals surface area contributed by atoms with Crippen molar-refractivity contribution in [1.82, 2.24) is 9.97 Å². The van der Waals surface area contributed by atoms with E-state index in [1.54, 1.807) is 30.5 Å². The number of aromatic amines is 1. The molecule has 10 heteroatoms. The van der Waals surface area contributed by atoms with Crippen molar-refractivity contribution in [3.63, 3.8) is 0 Å². The zero-order valence-corrected chi connectivity index (χ0v) is 18.3. The Balaban J connectivity index is 1.45. The average Bonchev–Trinajstić information content (AvgIpc) is 3.42. The van der Waals surface area contributed by atoms with E-state index in [1.165, 1.54) is 12.1 Å². The molecule has 1 aliphatic carbocycles. The van der Waals surface area contributed by atoms with Crippen molar-refractivity contribution in [3.05, 3.63) is 71.6 Å². The molecule has 0 aliphatic heterocycles. The highest BCUT2D eigenvalue weighted by Gasteiger charge is 2.37. The Labute approximate surface area is 187 Å². The van der Waals surface area contributed by atoms with Crippen LogP contribution in [0.4, 0.5) is 9.52 Å². The van der Waals surface area contributed by atoms with Gasteiger partial charge in [-0.05, 0) is 49.2 Å². The van der Waals surface area contributed by atoms with Crippen molar-refractivity contribution >= 4 is 43.1 Å². The Morgan fingerprint density at radius 2 is 1.97 bits per heavy atom. The van der Waals surface area contributed by atoms with Crippen molar-refractivity contribution in [2.45, 2.75) is 29.1 Å². The Hall–Kier alpha value is -3.24. The molecule has 0 spiro atoms. The van der Waals surface area contributed by atoms with E-state index in [-0.39, 0.29) is 15.3 Å². The lowest BCUT2D eigenvalue weighted by atomic mass is 10.1. The van der Waals surface area contributed by atoms with Crippen molar-refractivity contribution < 1.29 is 22.3 Å². The maximum atomic E-state index is 13.3. The number of nitrogens with one attached hydrogen (secondary N) is 2. The van der Waals surface area contributed by atoms with E-state index in [0.717, 1.165) is 17.1 Å². The lowest BCUT2D eigenvalue weighted by Crippen LogP contribution is -2.25. The summed E-state index contributed by atoms with van der Waals surface area (Å²) in [6.45, 7) is 0. The van der Waals surface area contributed by atoms with Gasteiger partial charge in [0.25, 0.3) is 5.91 Å². The summed E-state index contributed by atoms with van der Waals surface area (Å²) in [4.78, 5) is 20.2. The third-order valence-electron chi connectivity index (χ3n) is 5.20. The highest BCUT2D eigenvalue weighted by Crippen LogP contribution is 2.34. The number of nitrogens with zero attached hydrogens (tertiary/aromatic N) is 1. The van der Waals surface area contributed by atoms with Gasteiger partial charge in [-0.15, -0.1) is 0 Å². The number of ether oxygens (including phenoxy) is 1. The number of hydrogen-bond donors (Lipinski definition) is 2. The van der Waals surface area contributed by atoms with Gasteiger partial charge in [-0.2, -0.15) is 4.39 Å². The number of amides is 1. The minimum Gasteiger partial charge on any atom is -0.476 e. The molecule has 0 bridgehead atoms. The van der Waals surface area contributed by atoms with Gasteiger partial charge >= 0.3 is 0 Å². The van der Waals surface area contributed by atoms with Crippen LogP contribution in [0.5, 0.6) is 5.75 Å². The van der Waals surface area contributed by atoms with Crippen LogP contribution in [-0.2, 0) is 14.6 Å². The van der Waals surface area contributed by atoms with Crippen LogP contribution < -0.4 is 10.1 Å². The third kappa shape index (κ3) is 4.11. The standard InChI is InChI=1S/C22H18FN3O4S2/c23-19-12-25-22(31-19)26-21(27)20(30-15-3-8-18-14(11-15)9-10-24-18)13-1-4-16(5-2-13)32(28,29)17-6-7-17/h1-5,8-12,17,20,24H,6-7H2,(H,25,26,27). The predicted octanol–water partition coefficient (Wildman–Crippen LogP) is 4.46. The van der Waals surface area contributed by atoms with Gasteiger partial charge in [-0.25, -0.2) is 13.4 Å². The first-order chi connectivity index (χ1) is 15.4. The molecule has 164 valence electrons. The van der Waals surface area contributed by atoms with Crippen LogP contribution in [0.1, 0.15) is 24.5 Å². The van der Waals surface area contributed by atoms with Crippen LogP contribution in [0.25, 0.3) is 10.9 Å². The molecule has 1 fully saturated rings. The predicted molar refractivity (Wildman–Crippen MR) is 119 cm³/mol. The molecular weight excluding hydrogens is 453 g/mol. The van der Waals surface area contributed by atoms with Gasteiger partial charge < -0.3 is 9.72 Å².